The third-order valence-electron chi connectivity index (χ3n) is 2.77. The van der Waals surface area contributed by atoms with Gasteiger partial charge in [0, 0.05) is 7.05 Å². The molecule has 0 saturated carbocycles. The number of phenols is 1. The molecule has 1 heterocycles. The second-order valence-electron chi connectivity index (χ2n) is 4.10. The standard InChI is InChI=1S/C13H15ClN4O/c1-8(9-4-3-5-10(19)6-9)18-13-11(15-2)12(14)16-7-17-13/h3-8,15,19H,1-2H3,(H,16,17,18). The van der Waals surface area contributed by atoms with Crippen LogP contribution in [0.25, 0.3) is 0 Å². The van der Waals surface area contributed by atoms with Crippen LogP contribution in [0, 0.1) is 0 Å². The fourth-order valence-corrected chi connectivity index (χ4v) is 2.01. The number of aromatic hydroxyl groups is 1. The van der Waals surface area contributed by atoms with Crippen molar-refractivity contribution in [2.45, 2.75) is 13.0 Å². The van der Waals surface area contributed by atoms with Crippen molar-refractivity contribution in [1.82, 2.24) is 9.97 Å². The first-order chi connectivity index (χ1) is 9.11. The van der Waals surface area contributed by atoms with E-state index in [0.29, 0.717) is 16.7 Å². The van der Waals surface area contributed by atoms with E-state index in [1.165, 1.54) is 6.33 Å². The Hall–Kier alpha value is -2.01. The van der Waals surface area contributed by atoms with Crippen LogP contribution < -0.4 is 10.6 Å². The molecule has 0 radical (unpaired) electrons. The summed E-state index contributed by atoms with van der Waals surface area (Å²) in [5.74, 6) is 0.860. The first-order valence-corrected chi connectivity index (χ1v) is 6.23. The molecule has 1 unspecified atom stereocenters. The second-order valence-corrected chi connectivity index (χ2v) is 4.46. The second kappa shape index (κ2) is 5.75. The summed E-state index contributed by atoms with van der Waals surface area (Å²) in [4.78, 5) is 8.08. The first kappa shape index (κ1) is 13.4. The number of nitrogens with zero attached hydrogens (tertiary/aromatic N) is 2. The molecule has 19 heavy (non-hydrogen) atoms. The summed E-state index contributed by atoms with van der Waals surface area (Å²) >= 11 is 5.99. The van der Waals surface area contributed by atoms with Crippen LogP contribution in [-0.4, -0.2) is 22.1 Å². The maximum atomic E-state index is 9.49. The molecule has 2 rings (SSSR count). The van der Waals surface area contributed by atoms with Crippen molar-refractivity contribution in [3.05, 3.63) is 41.3 Å². The van der Waals surface area contributed by atoms with Crippen molar-refractivity contribution in [3.63, 3.8) is 0 Å². The van der Waals surface area contributed by atoms with E-state index in [1.807, 2.05) is 13.0 Å². The normalized spacial score (nSPS) is 11.9. The van der Waals surface area contributed by atoms with Crippen molar-refractivity contribution >= 4 is 23.1 Å². The molecule has 5 nitrogen and oxygen atoms in total. The molecule has 2 aromatic rings. The number of halogens is 1. The lowest BCUT2D eigenvalue weighted by Crippen LogP contribution is -2.10. The summed E-state index contributed by atoms with van der Waals surface area (Å²) < 4.78 is 0. The quantitative estimate of drug-likeness (QED) is 0.750. The average molecular weight is 279 g/mol. The third kappa shape index (κ3) is 3.06. The molecule has 0 aliphatic carbocycles. The molecule has 0 amide bonds. The smallest absolute Gasteiger partial charge is 0.157 e. The predicted octanol–water partition coefficient (Wildman–Crippen LogP) is 3.05. The van der Waals surface area contributed by atoms with Gasteiger partial charge in [0.2, 0.25) is 0 Å². The summed E-state index contributed by atoms with van der Waals surface area (Å²) in [6, 6.07) is 7.05. The summed E-state index contributed by atoms with van der Waals surface area (Å²) in [5.41, 5.74) is 1.60. The van der Waals surface area contributed by atoms with Gasteiger partial charge in [-0.05, 0) is 24.6 Å². The molecule has 0 bridgehead atoms. The number of hydrogen-bond acceptors (Lipinski definition) is 5. The molecule has 6 heteroatoms. The maximum absolute atomic E-state index is 9.49. The van der Waals surface area contributed by atoms with Crippen LogP contribution in [0.5, 0.6) is 5.75 Å². The Balaban J connectivity index is 2.24. The number of rotatable bonds is 4. The van der Waals surface area contributed by atoms with Crippen molar-refractivity contribution < 1.29 is 5.11 Å². The van der Waals surface area contributed by atoms with Crippen LogP contribution in [0.1, 0.15) is 18.5 Å². The lowest BCUT2D eigenvalue weighted by Gasteiger charge is -2.17. The van der Waals surface area contributed by atoms with Crippen LogP contribution in [0.15, 0.2) is 30.6 Å². The van der Waals surface area contributed by atoms with Crippen LogP contribution in [0.4, 0.5) is 11.5 Å². The van der Waals surface area contributed by atoms with Crippen LogP contribution in [0.2, 0.25) is 5.15 Å². The molecule has 3 N–H and O–H groups in total. The van der Waals surface area contributed by atoms with Crippen LogP contribution in [-0.2, 0) is 0 Å². The van der Waals surface area contributed by atoms with Gasteiger partial charge < -0.3 is 15.7 Å². The molecular weight excluding hydrogens is 264 g/mol. The van der Waals surface area contributed by atoms with Crippen molar-refractivity contribution in [1.29, 1.82) is 0 Å². The Labute approximate surface area is 116 Å². The van der Waals surface area contributed by atoms with E-state index in [0.717, 1.165) is 5.56 Å². The Bertz CT molecular complexity index is 576. The minimum atomic E-state index is -0.0230. The van der Waals surface area contributed by atoms with E-state index < -0.39 is 0 Å². The van der Waals surface area contributed by atoms with E-state index in [4.69, 9.17) is 11.6 Å². The van der Waals surface area contributed by atoms with Gasteiger partial charge in [-0.25, -0.2) is 9.97 Å². The molecule has 0 spiro atoms. The van der Waals surface area contributed by atoms with E-state index in [9.17, 15) is 5.11 Å². The zero-order valence-electron chi connectivity index (χ0n) is 10.7. The van der Waals surface area contributed by atoms with Gasteiger partial charge in [0.1, 0.15) is 17.8 Å². The van der Waals surface area contributed by atoms with Crippen molar-refractivity contribution in [3.8, 4) is 5.75 Å². The predicted molar refractivity (Wildman–Crippen MR) is 76.7 cm³/mol. The lowest BCUT2D eigenvalue weighted by molar-refractivity contribution is 0.474. The fourth-order valence-electron chi connectivity index (χ4n) is 1.78. The van der Waals surface area contributed by atoms with Gasteiger partial charge in [-0.15, -0.1) is 0 Å². The summed E-state index contributed by atoms with van der Waals surface area (Å²) in [7, 11) is 1.76. The molecule has 1 atom stereocenters. The zero-order chi connectivity index (χ0) is 13.8. The van der Waals surface area contributed by atoms with Gasteiger partial charge in [0.05, 0.1) is 6.04 Å². The Morgan fingerprint density at radius 1 is 1.32 bits per heavy atom. The highest BCUT2D eigenvalue weighted by Crippen LogP contribution is 2.29. The molecule has 0 aliphatic heterocycles. The lowest BCUT2D eigenvalue weighted by atomic mass is 10.1. The average Bonchev–Trinajstić information content (AvgIpc) is 2.39. The number of nitrogens with one attached hydrogen (secondary N) is 2. The van der Waals surface area contributed by atoms with Gasteiger partial charge in [0.15, 0.2) is 11.0 Å². The maximum Gasteiger partial charge on any atom is 0.157 e. The van der Waals surface area contributed by atoms with E-state index >= 15 is 0 Å². The molecule has 1 aromatic carbocycles. The molecule has 0 saturated heterocycles. The number of benzene rings is 1. The zero-order valence-corrected chi connectivity index (χ0v) is 11.4. The monoisotopic (exact) mass is 278 g/mol. The molecular formula is C13H15ClN4O. The van der Waals surface area contributed by atoms with Gasteiger partial charge in [-0.1, -0.05) is 23.7 Å². The summed E-state index contributed by atoms with van der Waals surface area (Å²) in [6.45, 7) is 1.98. The molecule has 0 fully saturated rings. The summed E-state index contributed by atoms with van der Waals surface area (Å²) in [6.07, 6.45) is 1.40. The highest BCUT2D eigenvalue weighted by atomic mass is 35.5. The van der Waals surface area contributed by atoms with E-state index in [2.05, 4.69) is 20.6 Å². The third-order valence-corrected chi connectivity index (χ3v) is 3.06. The minimum absolute atomic E-state index is 0.0230. The Kier molecular flexibility index (Phi) is 4.06. The minimum Gasteiger partial charge on any atom is -0.508 e. The highest BCUT2D eigenvalue weighted by Gasteiger charge is 2.12. The van der Waals surface area contributed by atoms with Gasteiger partial charge in [0.25, 0.3) is 0 Å². The van der Waals surface area contributed by atoms with Crippen molar-refractivity contribution in [2.24, 2.45) is 0 Å². The molecule has 100 valence electrons. The fraction of sp³-hybridized carbons (Fsp3) is 0.231. The largest absolute Gasteiger partial charge is 0.508 e. The van der Waals surface area contributed by atoms with Gasteiger partial charge in [-0.3, -0.25) is 0 Å². The van der Waals surface area contributed by atoms with Crippen LogP contribution in [0.3, 0.4) is 0 Å². The van der Waals surface area contributed by atoms with Crippen molar-refractivity contribution in [2.75, 3.05) is 17.7 Å². The summed E-state index contributed by atoms with van der Waals surface area (Å²) in [5, 5.41) is 16.0. The number of anilines is 2. The number of hydrogen-bond donors (Lipinski definition) is 3. The highest BCUT2D eigenvalue weighted by molar-refractivity contribution is 6.32. The van der Waals surface area contributed by atoms with Crippen LogP contribution >= 0.6 is 11.6 Å². The first-order valence-electron chi connectivity index (χ1n) is 5.85. The Morgan fingerprint density at radius 3 is 2.79 bits per heavy atom. The molecule has 0 aliphatic rings. The number of phenolic OH excluding ortho intramolecular Hbond substituents is 1. The van der Waals surface area contributed by atoms with Gasteiger partial charge >= 0.3 is 0 Å². The number of aromatic nitrogens is 2. The van der Waals surface area contributed by atoms with E-state index in [-0.39, 0.29) is 11.8 Å². The Morgan fingerprint density at radius 2 is 2.11 bits per heavy atom. The topological polar surface area (TPSA) is 70.1 Å². The SMILES string of the molecule is CNc1c(Cl)ncnc1NC(C)c1cccc(O)c1. The van der Waals surface area contributed by atoms with E-state index in [1.54, 1.807) is 25.2 Å². The molecule has 1 aromatic heterocycles. The van der Waals surface area contributed by atoms with Gasteiger partial charge in [-0.2, -0.15) is 0 Å².